The monoisotopic (exact) mass is 127 g/mol. The van der Waals surface area contributed by atoms with Gasteiger partial charge in [-0.1, -0.05) is 0 Å². The van der Waals surface area contributed by atoms with E-state index in [2.05, 4.69) is 15.7 Å². The fourth-order valence-corrected chi connectivity index (χ4v) is 0.577. The summed E-state index contributed by atoms with van der Waals surface area (Å²) in [4.78, 5) is 0. The molecule has 0 saturated carbocycles. The van der Waals surface area contributed by atoms with Gasteiger partial charge in [0.25, 0.3) is 0 Å². The molecule has 4 nitrogen and oxygen atoms in total. The number of H-pyrrole nitrogens is 1. The molecule has 0 saturated heterocycles. The number of aromatic amines is 1. The Bertz CT molecular complexity index is 161. The van der Waals surface area contributed by atoms with E-state index in [4.69, 9.17) is 5.21 Å². The summed E-state index contributed by atoms with van der Waals surface area (Å²) in [6, 6.07) is 1.72. The SMILES string of the molecule is CC(NO)c1ccn[nH]1. The number of nitrogens with one attached hydrogen (secondary N) is 2. The van der Waals surface area contributed by atoms with Gasteiger partial charge < -0.3 is 5.21 Å². The molecular formula is C5H9N3O. The predicted octanol–water partition coefficient (Wildman–Crippen LogP) is 0.449. The quantitative estimate of drug-likeness (QED) is 0.505. The van der Waals surface area contributed by atoms with E-state index in [-0.39, 0.29) is 6.04 Å². The predicted molar refractivity (Wildman–Crippen MR) is 31.9 cm³/mol. The molecule has 0 fully saturated rings. The zero-order valence-electron chi connectivity index (χ0n) is 5.13. The van der Waals surface area contributed by atoms with Gasteiger partial charge in [0.1, 0.15) is 0 Å². The van der Waals surface area contributed by atoms with E-state index in [0.717, 1.165) is 5.69 Å². The lowest BCUT2D eigenvalue weighted by molar-refractivity contribution is 0.131. The summed E-state index contributed by atoms with van der Waals surface area (Å²) in [5.74, 6) is 0. The van der Waals surface area contributed by atoms with Crippen molar-refractivity contribution < 1.29 is 5.21 Å². The Hall–Kier alpha value is -0.870. The third-order valence-electron chi connectivity index (χ3n) is 1.18. The molecule has 0 aliphatic rings. The highest BCUT2D eigenvalue weighted by Gasteiger charge is 2.01. The van der Waals surface area contributed by atoms with Crippen LogP contribution in [0.25, 0.3) is 0 Å². The molecule has 3 N–H and O–H groups in total. The van der Waals surface area contributed by atoms with Crippen LogP contribution in [-0.2, 0) is 0 Å². The van der Waals surface area contributed by atoms with Crippen molar-refractivity contribution in [1.29, 1.82) is 0 Å². The largest absolute Gasteiger partial charge is 0.316 e. The van der Waals surface area contributed by atoms with Crippen molar-refractivity contribution in [3.8, 4) is 0 Å². The first-order valence-electron chi connectivity index (χ1n) is 2.73. The van der Waals surface area contributed by atoms with Crippen LogP contribution in [0.15, 0.2) is 12.3 Å². The van der Waals surface area contributed by atoms with Gasteiger partial charge in [0.05, 0.1) is 11.7 Å². The maximum atomic E-state index is 8.41. The van der Waals surface area contributed by atoms with Crippen molar-refractivity contribution >= 4 is 0 Å². The number of nitrogens with zero attached hydrogens (tertiary/aromatic N) is 1. The first kappa shape index (κ1) is 6.25. The Labute approximate surface area is 52.9 Å². The third-order valence-corrected chi connectivity index (χ3v) is 1.18. The average Bonchev–Trinajstić information content (AvgIpc) is 2.37. The minimum Gasteiger partial charge on any atom is -0.316 e. The first-order valence-corrected chi connectivity index (χ1v) is 2.73. The summed E-state index contributed by atoms with van der Waals surface area (Å²) in [5.41, 5.74) is 2.97. The van der Waals surface area contributed by atoms with E-state index in [0.29, 0.717) is 0 Å². The van der Waals surface area contributed by atoms with Crippen LogP contribution in [0.3, 0.4) is 0 Å². The molecular weight excluding hydrogens is 118 g/mol. The van der Waals surface area contributed by atoms with Crippen LogP contribution in [0.2, 0.25) is 0 Å². The zero-order valence-corrected chi connectivity index (χ0v) is 5.13. The van der Waals surface area contributed by atoms with Crippen LogP contribution < -0.4 is 5.48 Å². The van der Waals surface area contributed by atoms with Crippen molar-refractivity contribution in [1.82, 2.24) is 15.7 Å². The van der Waals surface area contributed by atoms with E-state index in [1.807, 2.05) is 6.92 Å². The lowest BCUT2D eigenvalue weighted by Crippen LogP contribution is -2.13. The van der Waals surface area contributed by atoms with E-state index in [1.165, 1.54) is 0 Å². The van der Waals surface area contributed by atoms with E-state index >= 15 is 0 Å². The van der Waals surface area contributed by atoms with Gasteiger partial charge in [-0.2, -0.15) is 10.6 Å². The molecule has 0 radical (unpaired) electrons. The maximum absolute atomic E-state index is 8.41. The van der Waals surface area contributed by atoms with Gasteiger partial charge in [-0.25, -0.2) is 0 Å². The molecule has 0 aromatic carbocycles. The van der Waals surface area contributed by atoms with Crippen molar-refractivity contribution in [2.24, 2.45) is 0 Å². The van der Waals surface area contributed by atoms with E-state index in [9.17, 15) is 0 Å². The second-order valence-electron chi connectivity index (χ2n) is 1.86. The number of aromatic nitrogens is 2. The highest BCUT2D eigenvalue weighted by molar-refractivity contribution is 5.01. The van der Waals surface area contributed by atoms with Gasteiger partial charge in [-0.3, -0.25) is 5.10 Å². The molecule has 0 aliphatic carbocycles. The molecule has 1 rings (SSSR count). The maximum Gasteiger partial charge on any atom is 0.0707 e. The number of hydrogen-bond acceptors (Lipinski definition) is 3. The van der Waals surface area contributed by atoms with Gasteiger partial charge in [0, 0.05) is 6.20 Å². The normalized spacial score (nSPS) is 13.6. The third kappa shape index (κ3) is 1.28. The molecule has 1 aromatic rings. The summed E-state index contributed by atoms with van der Waals surface area (Å²) in [6.45, 7) is 1.83. The van der Waals surface area contributed by atoms with Crippen LogP contribution in [0.1, 0.15) is 18.7 Å². The number of hydrogen-bond donors (Lipinski definition) is 3. The fraction of sp³-hybridized carbons (Fsp3) is 0.400. The lowest BCUT2D eigenvalue weighted by Gasteiger charge is -2.03. The van der Waals surface area contributed by atoms with E-state index in [1.54, 1.807) is 12.3 Å². The smallest absolute Gasteiger partial charge is 0.0707 e. The summed E-state index contributed by atoms with van der Waals surface area (Å²) in [5, 5.41) is 14.8. The minimum atomic E-state index is -0.0764. The second-order valence-corrected chi connectivity index (χ2v) is 1.86. The Balaban J connectivity index is 2.65. The highest BCUT2D eigenvalue weighted by atomic mass is 16.5. The van der Waals surface area contributed by atoms with Gasteiger partial charge in [-0.15, -0.1) is 0 Å². The molecule has 50 valence electrons. The topological polar surface area (TPSA) is 60.9 Å². The lowest BCUT2D eigenvalue weighted by atomic mass is 10.3. The molecule has 0 amide bonds. The molecule has 1 aromatic heterocycles. The van der Waals surface area contributed by atoms with E-state index < -0.39 is 0 Å². The van der Waals surface area contributed by atoms with Crippen molar-refractivity contribution in [2.75, 3.05) is 0 Å². The first-order chi connectivity index (χ1) is 4.34. The average molecular weight is 127 g/mol. The fourth-order valence-electron chi connectivity index (χ4n) is 0.577. The molecule has 1 atom stereocenters. The molecule has 1 heterocycles. The van der Waals surface area contributed by atoms with Gasteiger partial charge in [0.2, 0.25) is 0 Å². The summed E-state index contributed by atoms with van der Waals surface area (Å²) in [7, 11) is 0. The van der Waals surface area contributed by atoms with Crippen molar-refractivity contribution in [2.45, 2.75) is 13.0 Å². The van der Waals surface area contributed by atoms with Gasteiger partial charge >= 0.3 is 0 Å². The minimum absolute atomic E-state index is 0.0764. The van der Waals surface area contributed by atoms with Crippen LogP contribution in [-0.4, -0.2) is 15.4 Å². The number of rotatable bonds is 2. The summed E-state index contributed by atoms with van der Waals surface area (Å²) < 4.78 is 0. The highest BCUT2D eigenvalue weighted by Crippen LogP contribution is 2.04. The standard InChI is InChI=1S/C5H9N3O/c1-4(8-9)5-2-3-6-7-5/h2-4,8-9H,1H3,(H,6,7). The molecule has 9 heavy (non-hydrogen) atoms. The van der Waals surface area contributed by atoms with Crippen LogP contribution in [0.4, 0.5) is 0 Å². The van der Waals surface area contributed by atoms with Crippen LogP contribution in [0.5, 0.6) is 0 Å². The summed E-state index contributed by atoms with van der Waals surface area (Å²) >= 11 is 0. The number of hydroxylamine groups is 1. The van der Waals surface area contributed by atoms with Crippen molar-refractivity contribution in [3.63, 3.8) is 0 Å². The Kier molecular flexibility index (Phi) is 1.81. The van der Waals surface area contributed by atoms with Crippen molar-refractivity contribution in [3.05, 3.63) is 18.0 Å². The molecule has 1 unspecified atom stereocenters. The Morgan fingerprint density at radius 3 is 3.11 bits per heavy atom. The summed E-state index contributed by atoms with van der Waals surface area (Å²) in [6.07, 6.45) is 1.64. The molecule has 0 bridgehead atoms. The molecule has 0 spiro atoms. The molecule has 0 aliphatic heterocycles. The van der Waals surface area contributed by atoms with Gasteiger partial charge in [0.15, 0.2) is 0 Å². The Morgan fingerprint density at radius 1 is 1.89 bits per heavy atom. The van der Waals surface area contributed by atoms with Gasteiger partial charge in [-0.05, 0) is 13.0 Å². The van der Waals surface area contributed by atoms with Crippen LogP contribution in [0, 0.1) is 0 Å². The second kappa shape index (κ2) is 2.61. The van der Waals surface area contributed by atoms with Crippen LogP contribution >= 0.6 is 0 Å². The Morgan fingerprint density at radius 2 is 2.67 bits per heavy atom. The zero-order chi connectivity index (χ0) is 6.69. The molecule has 4 heteroatoms.